The molecule has 3 rings (SSSR count). The second-order valence-electron chi connectivity index (χ2n) is 5.36. The number of aryl methyl sites for hydroxylation is 2. The molecule has 2 aromatic heterocycles. The lowest BCUT2D eigenvalue weighted by atomic mass is 10.00. The molecule has 0 fully saturated rings. The Balaban J connectivity index is 1.87. The molecule has 5 nitrogen and oxygen atoms in total. The fourth-order valence-corrected chi connectivity index (χ4v) is 3.83. The lowest BCUT2D eigenvalue weighted by Gasteiger charge is -2.32. The molecule has 0 saturated heterocycles. The number of thiophene rings is 1. The van der Waals surface area contributed by atoms with Crippen molar-refractivity contribution >= 4 is 17.3 Å². The molecule has 1 aliphatic rings. The monoisotopic (exact) mass is 305 g/mol. The molecule has 1 N–H and O–H groups in total. The summed E-state index contributed by atoms with van der Waals surface area (Å²) in [7, 11) is 1.92. The van der Waals surface area contributed by atoms with Gasteiger partial charge >= 0.3 is 5.97 Å². The molecule has 0 amide bonds. The Hall–Kier alpha value is -1.66. The molecule has 0 radical (unpaired) electrons. The first kappa shape index (κ1) is 14.3. The predicted octanol–water partition coefficient (Wildman–Crippen LogP) is 2.23. The molecular formula is C15H19N3O2S. The number of aromatic nitrogens is 2. The van der Waals surface area contributed by atoms with Gasteiger partial charge in [0.25, 0.3) is 0 Å². The van der Waals surface area contributed by atoms with Crippen LogP contribution in [0.2, 0.25) is 0 Å². The van der Waals surface area contributed by atoms with Crippen molar-refractivity contribution in [2.75, 3.05) is 6.54 Å². The van der Waals surface area contributed by atoms with Gasteiger partial charge in [-0.25, -0.2) is 0 Å². The van der Waals surface area contributed by atoms with Crippen LogP contribution in [0.3, 0.4) is 0 Å². The lowest BCUT2D eigenvalue weighted by molar-refractivity contribution is -0.144. The molecule has 1 aliphatic heterocycles. The second-order valence-corrected chi connectivity index (χ2v) is 6.37. The van der Waals surface area contributed by atoms with Crippen molar-refractivity contribution in [3.63, 3.8) is 0 Å². The Morgan fingerprint density at radius 2 is 2.38 bits per heavy atom. The van der Waals surface area contributed by atoms with Crippen molar-refractivity contribution in [1.29, 1.82) is 0 Å². The van der Waals surface area contributed by atoms with E-state index in [-0.39, 0.29) is 0 Å². The highest BCUT2D eigenvalue weighted by Gasteiger charge is 2.34. The number of hydrogen-bond acceptors (Lipinski definition) is 4. The molecule has 112 valence electrons. The largest absolute Gasteiger partial charge is 0.480 e. The first-order valence-corrected chi connectivity index (χ1v) is 8.03. The maximum atomic E-state index is 11.7. The molecule has 3 heterocycles. The van der Waals surface area contributed by atoms with Crippen LogP contribution in [0.5, 0.6) is 0 Å². The van der Waals surface area contributed by atoms with Gasteiger partial charge in [0, 0.05) is 25.0 Å². The number of fused-ring (bicyclic) bond motifs is 1. The summed E-state index contributed by atoms with van der Waals surface area (Å²) < 4.78 is 1.86. The van der Waals surface area contributed by atoms with Crippen molar-refractivity contribution in [3.05, 3.63) is 39.3 Å². The number of carboxylic acids is 1. The highest BCUT2D eigenvalue weighted by molar-refractivity contribution is 7.10. The Bertz CT molecular complexity index is 662. The van der Waals surface area contributed by atoms with Gasteiger partial charge in [0.1, 0.15) is 6.04 Å². The number of rotatable bonds is 4. The van der Waals surface area contributed by atoms with Crippen LogP contribution >= 0.6 is 11.3 Å². The molecule has 0 aliphatic carbocycles. The Kier molecular flexibility index (Phi) is 3.82. The van der Waals surface area contributed by atoms with Gasteiger partial charge in [-0.1, -0.05) is 6.92 Å². The minimum Gasteiger partial charge on any atom is -0.480 e. The van der Waals surface area contributed by atoms with Crippen molar-refractivity contribution in [2.45, 2.75) is 32.4 Å². The van der Waals surface area contributed by atoms with Crippen LogP contribution in [0.1, 0.15) is 34.8 Å². The highest BCUT2D eigenvalue weighted by Crippen LogP contribution is 2.34. The Morgan fingerprint density at radius 3 is 3.05 bits per heavy atom. The Labute approximate surface area is 127 Å². The van der Waals surface area contributed by atoms with E-state index in [1.807, 2.05) is 28.1 Å². The van der Waals surface area contributed by atoms with E-state index in [0.717, 1.165) is 36.3 Å². The fraction of sp³-hybridized carbons (Fsp3) is 0.467. The van der Waals surface area contributed by atoms with Gasteiger partial charge in [0.2, 0.25) is 0 Å². The summed E-state index contributed by atoms with van der Waals surface area (Å²) >= 11 is 1.66. The number of hydrogen-bond donors (Lipinski definition) is 1. The smallest absolute Gasteiger partial charge is 0.325 e. The molecule has 0 aromatic carbocycles. The zero-order chi connectivity index (χ0) is 15.0. The summed E-state index contributed by atoms with van der Waals surface area (Å²) in [6.07, 6.45) is 1.82. The van der Waals surface area contributed by atoms with E-state index >= 15 is 0 Å². The van der Waals surface area contributed by atoms with Crippen LogP contribution in [-0.2, 0) is 31.2 Å². The minimum absolute atomic E-state index is 0.542. The van der Waals surface area contributed by atoms with Crippen molar-refractivity contribution in [1.82, 2.24) is 14.7 Å². The summed E-state index contributed by atoms with van der Waals surface area (Å²) in [5.74, 6) is -0.771. The average molecular weight is 305 g/mol. The molecule has 0 bridgehead atoms. The molecule has 0 saturated carbocycles. The first-order valence-electron chi connectivity index (χ1n) is 7.15. The van der Waals surface area contributed by atoms with Gasteiger partial charge in [-0.05, 0) is 35.9 Å². The van der Waals surface area contributed by atoms with E-state index in [9.17, 15) is 9.90 Å². The minimum atomic E-state index is -0.771. The van der Waals surface area contributed by atoms with E-state index < -0.39 is 12.0 Å². The topological polar surface area (TPSA) is 58.4 Å². The zero-order valence-corrected chi connectivity index (χ0v) is 13.1. The maximum Gasteiger partial charge on any atom is 0.325 e. The standard InChI is InChI=1S/C15H19N3O2S/c1-3-10-8-11(17(2)16-10)9-18-6-4-13-12(5-7-21-13)14(18)15(19)20/h5,7-8,14H,3-4,6,9H2,1-2H3,(H,19,20). The third-order valence-electron chi connectivity index (χ3n) is 4.05. The highest BCUT2D eigenvalue weighted by atomic mass is 32.1. The van der Waals surface area contributed by atoms with E-state index in [1.54, 1.807) is 11.3 Å². The molecule has 2 aromatic rings. The van der Waals surface area contributed by atoms with Crippen LogP contribution in [0.25, 0.3) is 0 Å². The molecule has 6 heteroatoms. The molecule has 1 atom stereocenters. The van der Waals surface area contributed by atoms with Crippen molar-refractivity contribution in [3.8, 4) is 0 Å². The summed E-state index contributed by atoms with van der Waals surface area (Å²) in [6, 6.07) is 3.48. The predicted molar refractivity (Wildman–Crippen MR) is 81.4 cm³/mol. The third kappa shape index (κ3) is 2.61. The summed E-state index contributed by atoms with van der Waals surface area (Å²) in [5.41, 5.74) is 3.07. The van der Waals surface area contributed by atoms with Crippen LogP contribution in [0, 0.1) is 0 Å². The van der Waals surface area contributed by atoms with Crippen molar-refractivity contribution < 1.29 is 9.90 Å². The maximum absolute atomic E-state index is 11.7. The van der Waals surface area contributed by atoms with Crippen molar-refractivity contribution in [2.24, 2.45) is 7.05 Å². The average Bonchev–Trinajstić information content (AvgIpc) is 3.05. The number of nitrogens with zero attached hydrogens (tertiary/aromatic N) is 3. The van der Waals surface area contributed by atoms with Crippen LogP contribution in [0.4, 0.5) is 0 Å². The van der Waals surface area contributed by atoms with Gasteiger partial charge < -0.3 is 5.11 Å². The SMILES string of the molecule is CCc1cc(CN2CCc3sccc3C2C(=O)O)n(C)n1. The number of carbonyl (C=O) groups is 1. The first-order chi connectivity index (χ1) is 10.1. The van der Waals surface area contributed by atoms with E-state index in [0.29, 0.717) is 6.54 Å². The van der Waals surface area contributed by atoms with Crippen LogP contribution < -0.4 is 0 Å². The van der Waals surface area contributed by atoms with Gasteiger partial charge in [-0.3, -0.25) is 14.4 Å². The number of aliphatic carboxylic acids is 1. The molecule has 21 heavy (non-hydrogen) atoms. The van der Waals surface area contributed by atoms with Crippen LogP contribution in [0.15, 0.2) is 17.5 Å². The summed E-state index contributed by atoms with van der Waals surface area (Å²) in [5, 5.41) is 16.0. The molecular weight excluding hydrogens is 286 g/mol. The van der Waals surface area contributed by atoms with Gasteiger partial charge in [0.05, 0.1) is 11.4 Å². The van der Waals surface area contributed by atoms with E-state index in [2.05, 4.69) is 18.1 Å². The van der Waals surface area contributed by atoms with E-state index in [4.69, 9.17) is 0 Å². The summed E-state index contributed by atoms with van der Waals surface area (Å²) in [4.78, 5) is 14.9. The molecule has 0 spiro atoms. The van der Waals surface area contributed by atoms with E-state index in [1.165, 1.54) is 4.88 Å². The third-order valence-corrected chi connectivity index (χ3v) is 5.05. The molecule has 1 unspecified atom stereocenters. The zero-order valence-electron chi connectivity index (χ0n) is 12.2. The quantitative estimate of drug-likeness (QED) is 0.941. The lowest BCUT2D eigenvalue weighted by Crippen LogP contribution is -2.39. The second kappa shape index (κ2) is 5.61. The summed E-state index contributed by atoms with van der Waals surface area (Å²) in [6.45, 7) is 3.47. The number of carboxylic acid groups (broad SMARTS) is 1. The fourth-order valence-electron chi connectivity index (χ4n) is 2.93. The normalized spacial score (nSPS) is 18.7. The van der Waals surface area contributed by atoms with Gasteiger partial charge in [-0.2, -0.15) is 5.10 Å². The van der Waals surface area contributed by atoms with Crippen LogP contribution in [-0.4, -0.2) is 32.3 Å². The Morgan fingerprint density at radius 1 is 1.57 bits per heavy atom. The van der Waals surface area contributed by atoms with Gasteiger partial charge in [0.15, 0.2) is 0 Å². The van der Waals surface area contributed by atoms with Gasteiger partial charge in [-0.15, -0.1) is 11.3 Å².